The van der Waals surface area contributed by atoms with Crippen molar-refractivity contribution >= 4 is 9.76 Å². The Hall–Kier alpha value is -0.123. The van der Waals surface area contributed by atoms with Crippen LogP contribution in [0.2, 0.25) is 0 Å². The van der Waals surface area contributed by atoms with E-state index in [0.717, 1.165) is 13.0 Å². The fourth-order valence-electron chi connectivity index (χ4n) is 0.465. The first-order valence-electron chi connectivity index (χ1n) is 3.47. The fourth-order valence-corrected chi connectivity index (χ4v) is 0.784. The lowest BCUT2D eigenvalue weighted by Gasteiger charge is -2.00. The van der Waals surface area contributed by atoms with E-state index in [1.807, 2.05) is 0 Å². The van der Waals surface area contributed by atoms with Crippen molar-refractivity contribution in [3.63, 3.8) is 0 Å². The first-order chi connectivity index (χ1) is 4.91. The number of ether oxygens (including phenoxy) is 1. The molecule has 0 aromatic heterocycles. The standard InChI is InChI=1S/C7H14O2Si/c1-3-5-8-6-7-9-10-4-2/h4H,2-3,5-7H2,1H3. The topological polar surface area (TPSA) is 18.5 Å². The first-order valence-corrected chi connectivity index (χ1v) is 4.46. The van der Waals surface area contributed by atoms with Crippen LogP contribution >= 0.6 is 0 Å². The maximum Gasteiger partial charge on any atom is 0.260 e. The third kappa shape index (κ3) is 7.88. The zero-order valence-electron chi connectivity index (χ0n) is 6.43. The molecule has 0 fully saturated rings. The highest BCUT2D eigenvalue weighted by molar-refractivity contribution is 6.33. The van der Waals surface area contributed by atoms with Crippen molar-refractivity contribution in [2.24, 2.45) is 0 Å². The largest absolute Gasteiger partial charge is 0.410 e. The molecule has 0 aliphatic carbocycles. The van der Waals surface area contributed by atoms with Crippen LogP contribution in [0, 0.1) is 0 Å². The van der Waals surface area contributed by atoms with Crippen LogP contribution in [0.15, 0.2) is 12.3 Å². The summed E-state index contributed by atoms with van der Waals surface area (Å²) in [6, 6.07) is 0. The Bertz CT molecular complexity index is 76.0. The molecule has 0 aromatic carbocycles. The van der Waals surface area contributed by atoms with E-state index in [-0.39, 0.29) is 0 Å². The summed E-state index contributed by atoms with van der Waals surface area (Å²) in [5.74, 6) is 0. The second-order valence-corrected chi connectivity index (χ2v) is 2.72. The molecule has 3 heteroatoms. The molecule has 0 amide bonds. The molecule has 58 valence electrons. The lowest BCUT2D eigenvalue weighted by Crippen LogP contribution is -2.06. The van der Waals surface area contributed by atoms with Gasteiger partial charge in [0.15, 0.2) is 0 Å². The Morgan fingerprint density at radius 3 is 2.80 bits per heavy atom. The van der Waals surface area contributed by atoms with E-state index in [0.29, 0.717) is 23.0 Å². The van der Waals surface area contributed by atoms with Crippen molar-refractivity contribution in [3.8, 4) is 0 Å². The quantitative estimate of drug-likeness (QED) is 0.409. The van der Waals surface area contributed by atoms with Gasteiger partial charge in [-0.1, -0.05) is 12.6 Å². The summed E-state index contributed by atoms with van der Waals surface area (Å²) in [6.07, 6.45) is 1.07. The van der Waals surface area contributed by atoms with E-state index in [2.05, 4.69) is 13.5 Å². The molecule has 0 saturated carbocycles. The SMILES string of the molecule is C=C[Si]OCCOCCC. The minimum atomic E-state index is 0.411. The van der Waals surface area contributed by atoms with Gasteiger partial charge >= 0.3 is 0 Å². The first kappa shape index (κ1) is 9.88. The molecule has 0 aromatic rings. The summed E-state index contributed by atoms with van der Waals surface area (Å²) < 4.78 is 10.3. The summed E-state index contributed by atoms with van der Waals surface area (Å²) >= 11 is 0. The summed E-state index contributed by atoms with van der Waals surface area (Å²) in [5, 5.41) is 0. The van der Waals surface area contributed by atoms with Gasteiger partial charge in [-0.25, -0.2) is 0 Å². The van der Waals surface area contributed by atoms with Crippen LogP contribution in [-0.4, -0.2) is 29.6 Å². The van der Waals surface area contributed by atoms with Crippen molar-refractivity contribution in [1.82, 2.24) is 0 Å². The Morgan fingerprint density at radius 2 is 2.20 bits per heavy atom. The summed E-state index contributed by atoms with van der Waals surface area (Å²) in [6.45, 7) is 7.85. The highest BCUT2D eigenvalue weighted by Crippen LogP contribution is 1.80. The van der Waals surface area contributed by atoms with E-state index >= 15 is 0 Å². The molecular weight excluding hydrogens is 144 g/mol. The van der Waals surface area contributed by atoms with Gasteiger partial charge < -0.3 is 9.16 Å². The van der Waals surface area contributed by atoms with Crippen LogP contribution in [0.1, 0.15) is 13.3 Å². The lowest BCUT2D eigenvalue weighted by atomic mass is 10.5. The maximum absolute atomic E-state index is 5.17. The third-order valence-corrected chi connectivity index (χ3v) is 1.38. The molecule has 0 heterocycles. The van der Waals surface area contributed by atoms with Crippen molar-refractivity contribution in [2.45, 2.75) is 13.3 Å². The van der Waals surface area contributed by atoms with Crippen LogP contribution in [0.5, 0.6) is 0 Å². The van der Waals surface area contributed by atoms with Crippen molar-refractivity contribution in [1.29, 1.82) is 0 Å². The molecule has 0 N–H and O–H groups in total. The number of rotatable bonds is 7. The van der Waals surface area contributed by atoms with E-state index in [4.69, 9.17) is 9.16 Å². The molecule has 2 nitrogen and oxygen atoms in total. The molecule has 0 unspecified atom stereocenters. The molecular formula is C7H14O2Si. The average Bonchev–Trinajstić information content (AvgIpc) is 1.97. The summed E-state index contributed by atoms with van der Waals surface area (Å²) in [7, 11) is 0.411. The van der Waals surface area contributed by atoms with E-state index in [1.54, 1.807) is 5.70 Å². The van der Waals surface area contributed by atoms with Gasteiger partial charge in [0.05, 0.1) is 13.2 Å². The van der Waals surface area contributed by atoms with E-state index < -0.39 is 0 Å². The summed E-state index contributed by atoms with van der Waals surface area (Å²) in [5.41, 5.74) is 1.76. The number of hydrogen-bond acceptors (Lipinski definition) is 2. The van der Waals surface area contributed by atoms with E-state index in [1.165, 1.54) is 0 Å². The van der Waals surface area contributed by atoms with Crippen LogP contribution < -0.4 is 0 Å². The second-order valence-electron chi connectivity index (χ2n) is 1.78. The van der Waals surface area contributed by atoms with Gasteiger partial charge in [0.2, 0.25) is 0 Å². The third-order valence-electron chi connectivity index (χ3n) is 0.845. The van der Waals surface area contributed by atoms with Gasteiger partial charge in [-0.2, -0.15) is 0 Å². The monoisotopic (exact) mass is 158 g/mol. The van der Waals surface area contributed by atoms with Gasteiger partial charge in [-0.15, -0.1) is 6.58 Å². The molecule has 0 rings (SSSR count). The van der Waals surface area contributed by atoms with Gasteiger partial charge in [-0.05, 0) is 6.42 Å². The predicted octanol–water partition coefficient (Wildman–Crippen LogP) is 1.19. The molecule has 0 aliphatic heterocycles. The highest BCUT2D eigenvalue weighted by Gasteiger charge is 1.86. The van der Waals surface area contributed by atoms with Crippen LogP contribution in [0.3, 0.4) is 0 Å². The molecule has 0 saturated heterocycles. The minimum Gasteiger partial charge on any atom is -0.410 e. The van der Waals surface area contributed by atoms with Crippen LogP contribution in [0.25, 0.3) is 0 Å². The molecule has 0 aliphatic rings. The highest BCUT2D eigenvalue weighted by atomic mass is 28.2. The average molecular weight is 158 g/mol. The molecule has 0 spiro atoms. The number of hydrogen-bond donors (Lipinski definition) is 0. The predicted molar refractivity (Wildman–Crippen MR) is 43.0 cm³/mol. The van der Waals surface area contributed by atoms with Crippen molar-refractivity contribution in [2.75, 3.05) is 19.8 Å². The van der Waals surface area contributed by atoms with Gasteiger partial charge in [0.1, 0.15) is 0 Å². The van der Waals surface area contributed by atoms with E-state index in [9.17, 15) is 0 Å². The zero-order chi connectivity index (χ0) is 7.66. The van der Waals surface area contributed by atoms with Crippen molar-refractivity contribution < 1.29 is 9.16 Å². The molecule has 2 radical (unpaired) electrons. The molecule has 0 bridgehead atoms. The second kappa shape index (κ2) is 8.88. The Labute approximate surface area is 65.2 Å². The summed E-state index contributed by atoms with van der Waals surface area (Å²) in [4.78, 5) is 0. The van der Waals surface area contributed by atoms with Gasteiger partial charge in [0.25, 0.3) is 9.76 Å². The van der Waals surface area contributed by atoms with Crippen LogP contribution in [0.4, 0.5) is 0 Å². The molecule has 0 atom stereocenters. The minimum absolute atomic E-state index is 0.411. The normalized spacial score (nSPS) is 9.70. The van der Waals surface area contributed by atoms with Gasteiger partial charge in [-0.3, -0.25) is 0 Å². The maximum atomic E-state index is 5.17. The molecule has 10 heavy (non-hydrogen) atoms. The van der Waals surface area contributed by atoms with Crippen LogP contribution in [-0.2, 0) is 9.16 Å². The Morgan fingerprint density at radius 1 is 1.40 bits per heavy atom. The van der Waals surface area contributed by atoms with Gasteiger partial charge in [0, 0.05) is 6.61 Å². The fraction of sp³-hybridized carbons (Fsp3) is 0.714. The zero-order valence-corrected chi connectivity index (χ0v) is 7.43. The Kier molecular flexibility index (Phi) is 8.77. The smallest absolute Gasteiger partial charge is 0.260 e. The lowest BCUT2D eigenvalue weighted by molar-refractivity contribution is 0.103. The Balaban J connectivity index is 2.70. The van der Waals surface area contributed by atoms with Crippen molar-refractivity contribution in [3.05, 3.63) is 12.3 Å².